The molecule has 1 rings (SSSR count). The van der Waals surface area contributed by atoms with Gasteiger partial charge in [-0.15, -0.1) is 0 Å². The van der Waals surface area contributed by atoms with Crippen LogP contribution in [0.25, 0.3) is 0 Å². The quantitative estimate of drug-likeness (QED) is 0.471. The molecular formula is C12H14N2O6. The van der Waals surface area contributed by atoms with Crippen LogP contribution in [-0.4, -0.2) is 37.6 Å². The second-order valence-electron chi connectivity index (χ2n) is 3.72. The monoisotopic (exact) mass is 282 g/mol. The zero-order valence-electron chi connectivity index (χ0n) is 11.0. The number of esters is 1. The number of carbonyl (C=O) groups is 2. The summed E-state index contributed by atoms with van der Waals surface area (Å²) in [5, 5.41) is 13.1. The maximum atomic E-state index is 11.9. The van der Waals surface area contributed by atoms with Gasteiger partial charge in [0.05, 0.1) is 37.2 Å². The molecule has 0 spiro atoms. The minimum atomic E-state index is -0.582. The van der Waals surface area contributed by atoms with Crippen molar-refractivity contribution in [2.75, 3.05) is 20.8 Å². The van der Waals surface area contributed by atoms with Crippen LogP contribution < -0.4 is 10.1 Å². The molecule has 108 valence electrons. The Morgan fingerprint density at radius 3 is 2.60 bits per heavy atom. The highest BCUT2D eigenvalue weighted by atomic mass is 16.6. The van der Waals surface area contributed by atoms with E-state index >= 15 is 0 Å². The van der Waals surface area contributed by atoms with Gasteiger partial charge in [-0.25, -0.2) is 0 Å². The Labute approximate surface area is 114 Å². The van der Waals surface area contributed by atoms with Gasteiger partial charge in [0.15, 0.2) is 0 Å². The van der Waals surface area contributed by atoms with Gasteiger partial charge in [-0.3, -0.25) is 19.7 Å². The van der Waals surface area contributed by atoms with Crippen molar-refractivity contribution in [3.8, 4) is 5.75 Å². The Kier molecular flexibility index (Phi) is 5.45. The molecule has 0 radical (unpaired) electrons. The third kappa shape index (κ3) is 3.94. The fourth-order valence-electron chi connectivity index (χ4n) is 1.46. The molecule has 0 saturated carbocycles. The Bertz CT molecular complexity index is 529. The first-order valence-corrected chi connectivity index (χ1v) is 5.67. The SMILES string of the molecule is COC(=O)CCNC(=O)c1ccc([N+](=O)[O-])cc1OC. The smallest absolute Gasteiger partial charge is 0.307 e. The number of nitro groups is 1. The number of ether oxygens (including phenoxy) is 2. The maximum absolute atomic E-state index is 11.9. The van der Waals surface area contributed by atoms with Crippen LogP contribution in [-0.2, 0) is 9.53 Å². The molecular weight excluding hydrogens is 268 g/mol. The van der Waals surface area contributed by atoms with Gasteiger partial charge in [0.25, 0.3) is 11.6 Å². The number of nitrogens with one attached hydrogen (secondary N) is 1. The first kappa shape index (κ1) is 15.4. The summed E-state index contributed by atoms with van der Waals surface area (Å²) in [6.45, 7) is 0.103. The number of hydrogen-bond acceptors (Lipinski definition) is 6. The van der Waals surface area contributed by atoms with E-state index < -0.39 is 16.8 Å². The Morgan fingerprint density at radius 2 is 2.05 bits per heavy atom. The topological polar surface area (TPSA) is 108 Å². The fourth-order valence-corrected chi connectivity index (χ4v) is 1.46. The lowest BCUT2D eigenvalue weighted by Crippen LogP contribution is -2.26. The van der Waals surface area contributed by atoms with E-state index in [0.717, 1.165) is 6.07 Å². The molecule has 0 aliphatic carbocycles. The van der Waals surface area contributed by atoms with Crippen LogP contribution in [0.4, 0.5) is 5.69 Å². The summed E-state index contributed by atoms with van der Waals surface area (Å²) >= 11 is 0. The van der Waals surface area contributed by atoms with Crippen LogP contribution in [0.2, 0.25) is 0 Å². The molecule has 20 heavy (non-hydrogen) atoms. The highest BCUT2D eigenvalue weighted by Gasteiger charge is 2.16. The second-order valence-corrected chi connectivity index (χ2v) is 3.72. The van der Waals surface area contributed by atoms with Crippen LogP contribution >= 0.6 is 0 Å². The number of rotatable bonds is 6. The average Bonchev–Trinajstić information content (AvgIpc) is 2.45. The number of benzene rings is 1. The molecule has 1 aromatic carbocycles. The molecule has 0 saturated heterocycles. The first-order chi connectivity index (χ1) is 9.49. The normalized spacial score (nSPS) is 9.70. The molecule has 0 aliphatic heterocycles. The van der Waals surface area contributed by atoms with Gasteiger partial charge < -0.3 is 14.8 Å². The van der Waals surface area contributed by atoms with E-state index in [-0.39, 0.29) is 30.0 Å². The summed E-state index contributed by atoms with van der Waals surface area (Å²) in [5.74, 6) is -0.837. The maximum Gasteiger partial charge on any atom is 0.307 e. The Morgan fingerprint density at radius 1 is 1.35 bits per heavy atom. The van der Waals surface area contributed by atoms with Crippen LogP contribution in [0.3, 0.4) is 0 Å². The Balaban J connectivity index is 2.77. The molecule has 0 aliphatic rings. The van der Waals surface area contributed by atoms with E-state index in [1.165, 1.54) is 26.4 Å². The molecule has 0 fully saturated rings. The van der Waals surface area contributed by atoms with Crippen LogP contribution in [0.15, 0.2) is 18.2 Å². The van der Waals surface area contributed by atoms with E-state index in [2.05, 4.69) is 10.1 Å². The molecule has 8 nitrogen and oxygen atoms in total. The van der Waals surface area contributed by atoms with Crippen LogP contribution in [0, 0.1) is 10.1 Å². The number of hydrogen-bond donors (Lipinski definition) is 1. The van der Waals surface area contributed by atoms with Crippen molar-refractivity contribution in [3.05, 3.63) is 33.9 Å². The number of methoxy groups -OCH3 is 2. The first-order valence-electron chi connectivity index (χ1n) is 5.67. The van der Waals surface area contributed by atoms with Crippen molar-refractivity contribution in [2.45, 2.75) is 6.42 Å². The largest absolute Gasteiger partial charge is 0.496 e. The van der Waals surface area contributed by atoms with Crippen molar-refractivity contribution < 1.29 is 24.0 Å². The second kappa shape index (κ2) is 7.07. The minimum Gasteiger partial charge on any atom is -0.496 e. The number of nitro benzene ring substituents is 1. The van der Waals surface area contributed by atoms with Crippen molar-refractivity contribution in [1.82, 2.24) is 5.32 Å². The van der Waals surface area contributed by atoms with Gasteiger partial charge in [0.1, 0.15) is 5.75 Å². The molecule has 1 N–H and O–H groups in total. The highest BCUT2D eigenvalue weighted by molar-refractivity contribution is 5.97. The predicted octanol–water partition coefficient (Wildman–Crippen LogP) is 0.896. The lowest BCUT2D eigenvalue weighted by Gasteiger charge is -2.08. The minimum absolute atomic E-state index is 0.0392. The van der Waals surface area contributed by atoms with E-state index in [1.807, 2.05) is 0 Å². The predicted molar refractivity (Wildman–Crippen MR) is 68.6 cm³/mol. The Hall–Kier alpha value is -2.64. The van der Waals surface area contributed by atoms with E-state index in [1.54, 1.807) is 0 Å². The zero-order chi connectivity index (χ0) is 15.1. The third-order valence-corrected chi connectivity index (χ3v) is 2.48. The van der Waals surface area contributed by atoms with Gasteiger partial charge in [0, 0.05) is 12.6 Å². The third-order valence-electron chi connectivity index (χ3n) is 2.48. The lowest BCUT2D eigenvalue weighted by atomic mass is 10.1. The van der Waals surface area contributed by atoms with Crippen molar-refractivity contribution in [3.63, 3.8) is 0 Å². The van der Waals surface area contributed by atoms with Crippen molar-refractivity contribution in [1.29, 1.82) is 0 Å². The zero-order valence-corrected chi connectivity index (χ0v) is 11.0. The average molecular weight is 282 g/mol. The van der Waals surface area contributed by atoms with Gasteiger partial charge in [-0.05, 0) is 6.07 Å². The summed E-state index contributed by atoms with van der Waals surface area (Å²) in [4.78, 5) is 32.8. The van der Waals surface area contributed by atoms with E-state index in [0.29, 0.717) is 0 Å². The van der Waals surface area contributed by atoms with Gasteiger partial charge >= 0.3 is 5.97 Å². The summed E-state index contributed by atoms with van der Waals surface area (Å²) in [6.07, 6.45) is 0.0392. The molecule has 0 unspecified atom stereocenters. The molecule has 1 aromatic rings. The van der Waals surface area contributed by atoms with Gasteiger partial charge in [-0.1, -0.05) is 0 Å². The fraction of sp³-hybridized carbons (Fsp3) is 0.333. The summed E-state index contributed by atoms with van der Waals surface area (Å²) < 4.78 is 9.38. The summed E-state index contributed by atoms with van der Waals surface area (Å²) in [7, 11) is 2.56. The molecule has 1 amide bonds. The number of carbonyl (C=O) groups excluding carboxylic acids is 2. The van der Waals surface area contributed by atoms with Crippen LogP contribution in [0.1, 0.15) is 16.8 Å². The molecule has 0 atom stereocenters. The molecule has 0 bridgehead atoms. The number of non-ortho nitro benzene ring substituents is 1. The highest BCUT2D eigenvalue weighted by Crippen LogP contribution is 2.24. The van der Waals surface area contributed by atoms with Gasteiger partial charge in [0.2, 0.25) is 0 Å². The summed E-state index contributed by atoms with van der Waals surface area (Å²) in [6, 6.07) is 3.66. The standard InChI is InChI=1S/C12H14N2O6/c1-19-10-7-8(14(17)18)3-4-9(10)12(16)13-6-5-11(15)20-2/h3-4,7H,5-6H2,1-2H3,(H,13,16). The van der Waals surface area contributed by atoms with E-state index in [4.69, 9.17) is 4.74 Å². The van der Waals surface area contributed by atoms with Crippen LogP contribution in [0.5, 0.6) is 5.75 Å². The molecule has 0 aromatic heterocycles. The molecule has 8 heteroatoms. The van der Waals surface area contributed by atoms with Crippen molar-refractivity contribution >= 4 is 17.6 Å². The van der Waals surface area contributed by atoms with E-state index in [9.17, 15) is 19.7 Å². The lowest BCUT2D eigenvalue weighted by molar-refractivity contribution is -0.384. The number of nitrogens with zero attached hydrogens (tertiary/aromatic N) is 1. The van der Waals surface area contributed by atoms with Crippen molar-refractivity contribution in [2.24, 2.45) is 0 Å². The van der Waals surface area contributed by atoms with Gasteiger partial charge in [-0.2, -0.15) is 0 Å². The summed E-state index contributed by atoms with van der Waals surface area (Å²) in [5.41, 5.74) is -0.0177. The molecule has 0 heterocycles. The number of amides is 1.